The fourth-order valence-corrected chi connectivity index (χ4v) is 2.91. The van der Waals surface area contributed by atoms with Crippen LogP contribution < -0.4 is 0 Å². The van der Waals surface area contributed by atoms with E-state index in [1.165, 1.54) is 17.4 Å². The van der Waals surface area contributed by atoms with Gasteiger partial charge in [0.15, 0.2) is 0 Å². The van der Waals surface area contributed by atoms with Crippen LogP contribution in [-0.4, -0.2) is 11.1 Å². The molecule has 0 saturated heterocycles. The number of thiophene rings is 1. The van der Waals surface area contributed by atoms with Crippen LogP contribution in [0.5, 0.6) is 0 Å². The Balaban J connectivity index is 2.93. The van der Waals surface area contributed by atoms with Crippen LogP contribution in [0.1, 0.15) is 10.4 Å². The molecule has 2 rings (SSSR count). The smallest absolute Gasteiger partial charge is 0.338 e. The summed E-state index contributed by atoms with van der Waals surface area (Å²) in [6.45, 7) is 0. The summed E-state index contributed by atoms with van der Waals surface area (Å²) in [5.41, 5.74) is 0.122. The number of aromatic carboxylic acids is 1. The summed E-state index contributed by atoms with van der Waals surface area (Å²) in [7, 11) is 0. The van der Waals surface area contributed by atoms with E-state index >= 15 is 0 Å². The molecule has 0 saturated carbocycles. The standard InChI is InChI=1S/C9H4BrFO2S/c10-5-3-6(11)4-1-2-14-8(4)7(5)9(12)13/h1-3H,(H,12,13). The van der Waals surface area contributed by atoms with Crippen molar-refractivity contribution in [3.05, 3.63) is 33.4 Å². The molecule has 0 aliphatic carbocycles. The number of rotatable bonds is 1. The molecule has 0 radical (unpaired) electrons. The molecule has 0 fully saturated rings. The Labute approximate surface area is 91.1 Å². The molecule has 0 bridgehead atoms. The van der Waals surface area contributed by atoms with E-state index in [1.54, 1.807) is 11.4 Å². The Morgan fingerprint density at radius 3 is 2.93 bits per heavy atom. The maximum Gasteiger partial charge on any atom is 0.338 e. The molecule has 2 nitrogen and oxygen atoms in total. The molecule has 0 atom stereocenters. The second-order valence-electron chi connectivity index (χ2n) is 2.68. The summed E-state index contributed by atoms with van der Waals surface area (Å²) < 4.78 is 14.0. The highest BCUT2D eigenvalue weighted by atomic mass is 79.9. The van der Waals surface area contributed by atoms with Gasteiger partial charge in [-0.05, 0) is 33.4 Å². The molecule has 72 valence electrons. The summed E-state index contributed by atoms with van der Waals surface area (Å²) >= 11 is 4.26. The summed E-state index contributed by atoms with van der Waals surface area (Å²) in [6, 6.07) is 2.76. The van der Waals surface area contributed by atoms with Gasteiger partial charge in [-0.2, -0.15) is 0 Å². The minimum Gasteiger partial charge on any atom is -0.478 e. The van der Waals surface area contributed by atoms with Crippen molar-refractivity contribution in [2.24, 2.45) is 0 Å². The topological polar surface area (TPSA) is 37.3 Å². The second kappa shape index (κ2) is 3.33. The van der Waals surface area contributed by atoms with Crippen molar-refractivity contribution in [3.63, 3.8) is 0 Å². The van der Waals surface area contributed by atoms with Crippen LogP contribution in [0.25, 0.3) is 10.1 Å². The second-order valence-corrected chi connectivity index (χ2v) is 4.45. The van der Waals surface area contributed by atoms with Gasteiger partial charge in [0.2, 0.25) is 0 Å². The largest absolute Gasteiger partial charge is 0.478 e. The monoisotopic (exact) mass is 274 g/mol. The molecule has 0 aliphatic heterocycles. The van der Waals surface area contributed by atoms with Crippen LogP contribution in [0.2, 0.25) is 0 Å². The molecule has 1 aromatic carbocycles. The highest BCUT2D eigenvalue weighted by Gasteiger charge is 2.16. The third-order valence-electron chi connectivity index (χ3n) is 1.86. The molecular formula is C9H4BrFO2S. The first-order valence-electron chi connectivity index (χ1n) is 3.69. The van der Waals surface area contributed by atoms with Gasteiger partial charge >= 0.3 is 5.97 Å². The minimum absolute atomic E-state index is 0.122. The van der Waals surface area contributed by atoms with E-state index in [-0.39, 0.29) is 10.0 Å². The van der Waals surface area contributed by atoms with Gasteiger partial charge in [0.1, 0.15) is 5.82 Å². The molecular weight excluding hydrogens is 271 g/mol. The number of benzene rings is 1. The predicted molar refractivity (Wildman–Crippen MR) is 56.4 cm³/mol. The lowest BCUT2D eigenvalue weighted by Gasteiger charge is -2.01. The minimum atomic E-state index is -1.05. The number of carboxylic acids is 1. The fourth-order valence-electron chi connectivity index (χ4n) is 1.26. The third kappa shape index (κ3) is 1.33. The Bertz CT molecular complexity index is 521. The van der Waals surface area contributed by atoms with E-state index in [2.05, 4.69) is 15.9 Å². The maximum atomic E-state index is 13.3. The van der Waals surface area contributed by atoms with Gasteiger partial charge in [-0.3, -0.25) is 0 Å². The van der Waals surface area contributed by atoms with E-state index in [4.69, 9.17) is 5.11 Å². The molecule has 2 aromatic rings. The van der Waals surface area contributed by atoms with E-state index in [0.29, 0.717) is 10.1 Å². The lowest BCUT2D eigenvalue weighted by Crippen LogP contribution is -1.98. The number of hydrogen-bond donors (Lipinski definition) is 1. The average Bonchev–Trinajstić information content (AvgIpc) is 2.51. The van der Waals surface area contributed by atoms with Crippen LogP contribution >= 0.6 is 27.3 Å². The Morgan fingerprint density at radius 2 is 2.29 bits per heavy atom. The molecule has 0 amide bonds. The van der Waals surface area contributed by atoms with Crippen molar-refractivity contribution in [2.75, 3.05) is 0 Å². The van der Waals surface area contributed by atoms with E-state index in [0.717, 1.165) is 0 Å². The van der Waals surface area contributed by atoms with Gasteiger partial charge in [0.25, 0.3) is 0 Å². The molecule has 0 aliphatic rings. The van der Waals surface area contributed by atoms with Crippen molar-refractivity contribution in [3.8, 4) is 0 Å². The van der Waals surface area contributed by atoms with Crippen LogP contribution in [0.3, 0.4) is 0 Å². The molecule has 1 N–H and O–H groups in total. The van der Waals surface area contributed by atoms with E-state index in [9.17, 15) is 9.18 Å². The molecule has 1 aromatic heterocycles. The Kier molecular flexibility index (Phi) is 2.28. The first kappa shape index (κ1) is 9.61. The van der Waals surface area contributed by atoms with Gasteiger partial charge in [-0.25, -0.2) is 9.18 Å². The quantitative estimate of drug-likeness (QED) is 0.864. The number of fused-ring (bicyclic) bond motifs is 1. The number of halogens is 2. The molecule has 0 unspecified atom stereocenters. The van der Waals surface area contributed by atoms with Crippen LogP contribution in [-0.2, 0) is 0 Å². The number of hydrogen-bond acceptors (Lipinski definition) is 2. The van der Waals surface area contributed by atoms with Crippen molar-refractivity contribution in [1.29, 1.82) is 0 Å². The Hall–Kier alpha value is -0.940. The SMILES string of the molecule is O=C(O)c1c(Br)cc(F)c2ccsc12. The number of carbonyl (C=O) groups is 1. The third-order valence-corrected chi connectivity index (χ3v) is 3.41. The normalized spacial score (nSPS) is 10.7. The Morgan fingerprint density at radius 1 is 1.57 bits per heavy atom. The van der Waals surface area contributed by atoms with Crippen molar-refractivity contribution < 1.29 is 14.3 Å². The van der Waals surface area contributed by atoms with Crippen molar-refractivity contribution in [2.45, 2.75) is 0 Å². The molecule has 0 spiro atoms. The summed E-state index contributed by atoms with van der Waals surface area (Å²) in [5, 5.41) is 11.0. The highest BCUT2D eigenvalue weighted by Crippen LogP contribution is 2.32. The van der Waals surface area contributed by atoms with Crippen molar-refractivity contribution >= 4 is 43.3 Å². The lowest BCUT2D eigenvalue weighted by atomic mass is 10.1. The zero-order chi connectivity index (χ0) is 10.3. The fraction of sp³-hybridized carbons (Fsp3) is 0. The molecule has 14 heavy (non-hydrogen) atoms. The molecule has 5 heteroatoms. The summed E-state index contributed by atoms with van der Waals surface area (Å²) in [6.07, 6.45) is 0. The van der Waals surface area contributed by atoms with Gasteiger partial charge in [0.05, 0.1) is 10.3 Å². The van der Waals surface area contributed by atoms with Crippen molar-refractivity contribution in [1.82, 2.24) is 0 Å². The zero-order valence-corrected chi connectivity index (χ0v) is 9.15. The first-order chi connectivity index (χ1) is 6.61. The summed E-state index contributed by atoms with van der Waals surface area (Å²) in [4.78, 5) is 10.9. The van der Waals surface area contributed by atoms with Crippen LogP contribution in [0.4, 0.5) is 4.39 Å². The molecule has 1 heterocycles. The van der Waals surface area contributed by atoms with Gasteiger partial charge in [-0.15, -0.1) is 11.3 Å². The zero-order valence-electron chi connectivity index (χ0n) is 6.75. The van der Waals surface area contributed by atoms with E-state index < -0.39 is 11.8 Å². The van der Waals surface area contributed by atoms with Gasteiger partial charge in [-0.1, -0.05) is 0 Å². The highest BCUT2D eigenvalue weighted by molar-refractivity contribution is 9.10. The lowest BCUT2D eigenvalue weighted by molar-refractivity contribution is 0.0698. The van der Waals surface area contributed by atoms with E-state index in [1.807, 2.05) is 0 Å². The maximum absolute atomic E-state index is 13.3. The summed E-state index contributed by atoms with van der Waals surface area (Å²) in [5.74, 6) is -1.46. The predicted octanol–water partition coefficient (Wildman–Crippen LogP) is 3.50. The van der Waals surface area contributed by atoms with Gasteiger partial charge < -0.3 is 5.11 Å². The van der Waals surface area contributed by atoms with Crippen LogP contribution in [0.15, 0.2) is 22.0 Å². The average molecular weight is 275 g/mol. The number of carboxylic acid groups (broad SMARTS) is 1. The first-order valence-corrected chi connectivity index (χ1v) is 5.37. The van der Waals surface area contributed by atoms with Gasteiger partial charge in [0, 0.05) is 9.86 Å². The van der Waals surface area contributed by atoms with Crippen LogP contribution in [0, 0.1) is 5.82 Å².